The van der Waals surface area contributed by atoms with Gasteiger partial charge in [-0.3, -0.25) is 4.79 Å². The van der Waals surface area contributed by atoms with E-state index in [1.807, 2.05) is 42.1 Å². The molecule has 0 radical (unpaired) electrons. The van der Waals surface area contributed by atoms with Crippen molar-refractivity contribution in [2.75, 3.05) is 7.11 Å². The number of ether oxygens (including phenoxy) is 1. The molecule has 5 nitrogen and oxygen atoms in total. The van der Waals surface area contributed by atoms with E-state index in [2.05, 4.69) is 24.1 Å². The zero-order chi connectivity index (χ0) is 16.1. The van der Waals surface area contributed by atoms with Crippen LogP contribution in [0, 0.1) is 5.92 Å². The van der Waals surface area contributed by atoms with E-state index >= 15 is 0 Å². The maximum Gasteiger partial charge on any atom is 0.251 e. The molecule has 0 spiro atoms. The van der Waals surface area contributed by atoms with Gasteiger partial charge in [-0.2, -0.15) is 0 Å². The number of hydrogen-bond donors (Lipinski definition) is 1. The van der Waals surface area contributed by atoms with Crippen molar-refractivity contribution in [2.45, 2.75) is 26.5 Å². The van der Waals surface area contributed by atoms with Crippen molar-refractivity contribution < 1.29 is 9.53 Å². The highest BCUT2D eigenvalue weighted by atomic mass is 16.5. The van der Waals surface area contributed by atoms with Gasteiger partial charge in [0.2, 0.25) is 0 Å². The van der Waals surface area contributed by atoms with E-state index in [0.717, 1.165) is 11.4 Å². The van der Waals surface area contributed by atoms with Crippen LogP contribution in [-0.4, -0.2) is 22.6 Å². The van der Waals surface area contributed by atoms with Crippen LogP contribution in [-0.2, 0) is 18.4 Å². The van der Waals surface area contributed by atoms with Crippen molar-refractivity contribution in [3.63, 3.8) is 0 Å². The summed E-state index contributed by atoms with van der Waals surface area (Å²) in [6.07, 6.45) is 3.63. The van der Waals surface area contributed by atoms with Crippen LogP contribution < -0.4 is 5.32 Å². The number of carbonyl (C=O) groups is 1. The molecule has 1 aromatic carbocycles. The van der Waals surface area contributed by atoms with Crippen LogP contribution in [0.15, 0.2) is 36.7 Å². The summed E-state index contributed by atoms with van der Waals surface area (Å²) in [6.45, 7) is 4.69. The quantitative estimate of drug-likeness (QED) is 0.892. The normalized spacial score (nSPS) is 12.4. The molecule has 0 unspecified atom stereocenters. The molecule has 0 fully saturated rings. The molecular weight excluding hydrogens is 278 g/mol. The van der Waals surface area contributed by atoms with Crippen LogP contribution in [0.2, 0.25) is 0 Å². The van der Waals surface area contributed by atoms with Crippen molar-refractivity contribution in [3.8, 4) is 0 Å². The predicted molar refractivity (Wildman–Crippen MR) is 85.4 cm³/mol. The van der Waals surface area contributed by atoms with Crippen LogP contribution in [0.1, 0.15) is 41.6 Å². The average molecular weight is 301 g/mol. The first-order chi connectivity index (χ1) is 10.5. The third kappa shape index (κ3) is 3.74. The van der Waals surface area contributed by atoms with Crippen LogP contribution in [0.4, 0.5) is 0 Å². The van der Waals surface area contributed by atoms with Gasteiger partial charge < -0.3 is 14.6 Å². The molecule has 1 heterocycles. The van der Waals surface area contributed by atoms with Gasteiger partial charge in [0.1, 0.15) is 5.82 Å². The lowest BCUT2D eigenvalue weighted by Gasteiger charge is -2.22. The molecule has 2 aromatic rings. The zero-order valence-corrected chi connectivity index (χ0v) is 13.5. The monoisotopic (exact) mass is 301 g/mol. The van der Waals surface area contributed by atoms with Gasteiger partial charge in [0.15, 0.2) is 0 Å². The number of methoxy groups -OCH3 is 1. The van der Waals surface area contributed by atoms with E-state index < -0.39 is 0 Å². The number of rotatable bonds is 6. The lowest BCUT2D eigenvalue weighted by Crippen LogP contribution is -2.33. The van der Waals surface area contributed by atoms with Gasteiger partial charge in [0.05, 0.1) is 12.6 Å². The van der Waals surface area contributed by atoms with E-state index in [-0.39, 0.29) is 17.9 Å². The Hall–Kier alpha value is -2.14. The number of benzene rings is 1. The molecule has 1 atom stereocenters. The van der Waals surface area contributed by atoms with Gasteiger partial charge >= 0.3 is 0 Å². The molecule has 22 heavy (non-hydrogen) atoms. The first-order valence-electron chi connectivity index (χ1n) is 7.39. The molecule has 1 amide bonds. The number of aryl methyl sites for hydroxylation is 1. The lowest BCUT2D eigenvalue weighted by molar-refractivity contribution is 0.0922. The number of aromatic nitrogens is 2. The van der Waals surface area contributed by atoms with Gasteiger partial charge in [-0.1, -0.05) is 26.0 Å². The first kappa shape index (κ1) is 16.2. The summed E-state index contributed by atoms with van der Waals surface area (Å²) in [5.74, 6) is 1.02. The Morgan fingerprint density at radius 1 is 1.32 bits per heavy atom. The third-order valence-corrected chi connectivity index (χ3v) is 3.62. The number of imidazole rings is 1. The van der Waals surface area contributed by atoms with Gasteiger partial charge in [-0.05, 0) is 23.6 Å². The van der Waals surface area contributed by atoms with Crippen LogP contribution in [0.3, 0.4) is 0 Å². The topological polar surface area (TPSA) is 56.1 Å². The average Bonchev–Trinajstić information content (AvgIpc) is 2.91. The standard InChI is InChI=1S/C17H23N3O2/c1-12(2)15(16-18-9-10-20(16)3)19-17(21)14-7-5-13(6-8-14)11-22-4/h5-10,12,15H,11H2,1-4H3,(H,19,21)/t15-/m0/s1. The molecule has 118 valence electrons. The minimum Gasteiger partial charge on any atom is -0.380 e. The highest BCUT2D eigenvalue weighted by Crippen LogP contribution is 2.20. The summed E-state index contributed by atoms with van der Waals surface area (Å²) in [4.78, 5) is 16.8. The fourth-order valence-corrected chi connectivity index (χ4v) is 2.35. The zero-order valence-electron chi connectivity index (χ0n) is 13.5. The van der Waals surface area contributed by atoms with Crippen LogP contribution >= 0.6 is 0 Å². The molecule has 0 bridgehead atoms. The third-order valence-electron chi connectivity index (χ3n) is 3.62. The minimum atomic E-state index is -0.119. The van der Waals surface area contributed by atoms with E-state index in [1.54, 1.807) is 13.3 Å². The largest absolute Gasteiger partial charge is 0.380 e. The molecule has 5 heteroatoms. The Labute approximate surface area is 131 Å². The molecule has 0 saturated heterocycles. The van der Waals surface area contributed by atoms with E-state index in [4.69, 9.17) is 4.74 Å². The number of amides is 1. The van der Waals surface area contributed by atoms with Crippen molar-refractivity contribution in [1.82, 2.24) is 14.9 Å². The molecule has 0 saturated carbocycles. The van der Waals surface area contributed by atoms with Crippen molar-refractivity contribution in [1.29, 1.82) is 0 Å². The first-order valence-corrected chi connectivity index (χ1v) is 7.39. The summed E-state index contributed by atoms with van der Waals surface area (Å²) in [6, 6.07) is 7.33. The maximum atomic E-state index is 12.5. The highest BCUT2D eigenvalue weighted by molar-refractivity contribution is 5.94. The van der Waals surface area contributed by atoms with Crippen LogP contribution in [0.25, 0.3) is 0 Å². The minimum absolute atomic E-state index is 0.0920. The number of nitrogens with one attached hydrogen (secondary N) is 1. The summed E-state index contributed by atoms with van der Waals surface area (Å²) >= 11 is 0. The molecule has 1 aromatic heterocycles. The molecule has 2 rings (SSSR count). The summed E-state index contributed by atoms with van der Waals surface area (Å²) in [5, 5.41) is 3.07. The number of hydrogen-bond acceptors (Lipinski definition) is 3. The Balaban J connectivity index is 2.13. The fourth-order valence-electron chi connectivity index (χ4n) is 2.35. The van der Waals surface area contributed by atoms with Gasteiger partial charge in [0.25, 0.3) is 5.91 Å². The Morgan fingerprint density at radius 2 is 2.00 bits per heavy atom. The predicted octanol–water partition coefficient (Wildman–Crippen LogP) is 2.69. The van der Waals surface area contributed by atoms with Crippen molar-refractivity contribution in [3.05, 3.63) is 53.6 Å². The smallest absolute Gasteiger partial charge is 0.251 e. The number of nitrogens with zero attached hydrogens (tertiary/aromatic N) is 2. The van der Waals surface area contributed by atoms with E-state index in [9.17, 15) is 4.79 Å². The van der Waals surface area contributed by atoms with E-state index in [0.29, 0.717) is 12.2 Å². The molecule has 0 aliphatic heterocycles. The van der Waals surface area contributed by atoms with E-state index in [1.165, 1.54) is 0 Å². The second kappa shape index (κ2) is 7.22. The SMILES string of the molecule is COCc1ccc(C(=O)N[C@H](c2nccn2C)C(C)C)cc1. The molecular formula is C17H23N3O2. The molecule has 0 aliphatic carbocycles. The lowest BCUT2D eigenvalue weighted by atomic mass is 10.0. The highest BCUT2D eigenvalue weighted by Gasteiger charge is 2.22. The number of carbonyl (C=O) groups excluding carboxylic acids is 1. The van der Waals surface area contributed by atoms with Crippen molar-refractivity contribution in [2.24, 2.45) is 13.0 Å². The fraction of sp³-hybridized carbons (Fsp3) is 0.412. The second-order valence-corrected chi connectivity index (χ2v) is 5.72. The Bertz CT molecular complexity index is 617. The summed E-state index contributed by atoms with van der Waals surface area (Å²) in [5.41, 5.74) is 1.68. The Morgan fingerprint density at radius 3 is 2.50 bits per heavy atom. The van der Waals surface area contributed by atoms with Gasteiger partial charge in [0, 0.05) is 32.1 Å². The summed E-state index contributed by atoms with van der Waals surface area (Å²) in [7, 11) is 3.59. The van der Waals surface area contributed by atoms with Gasteiger partial charge in [-0.15, -0.1) is 0 Å². The molecule has 1 N–H and O–H groups in total. The Kier molecular flexibility index (Phi) is 5.33. The molecule has 0 aliphatic rings. The maximum absolute atomic E-state index is 12.5. The summed E-state index contributed by atoms with van der Waals surface area (Å²) < 4.78 is 7.01. The van der Waals surface area contributed by atoms with Crippen LogP contribution in [0.5, 0.6) is 0 Å². The van der Waals surface area contributed by atoms with Gasteiger partial charge in [-0.25, -0.2) is 4.98 Å². The second-order valence-electron chi connectivity index (χ2n) is 5.72. The van der Waals surface area contributed by atoms with Crippen molar-refractivity contribution >= 4 is 5.91 Å².